The number of phenolic OH excluding ortho intramolecular Hbond substituents is 1. The van der Waals surface area contributed by atoms with Crippen LogP contribution in [0.3, 0.4) is 0 Å². The second-order valence-corrected chi connectivity index (χ2v) is 13.2. The molecular formula is C37H28INO7. The van der Waals surface area contributed by atoms with E-state index in [2.05, 4.69) is 0 Å². The number of phenols is 1. The molecule has 0 spiro atoms. The molecule has 0 unspecified atom stereocenters. The van der Waals surface area contributed by atoms with Crippen LogP contribution in [0.1, 0.15) is 47.2 Å². The number of amides is 2. The van der Waals surface area contributed by atoms with Crippen LogP contribution in [0.25, 0.3) is 0 Å². The Kier molecular flexibility index (Phi) is 7.38. The molecule has 4 atom stereocenters. The number of halogens is 1. The fourth-order valence-electron chi connectivity index (χ4n) is 7.45. The number of hydrogen-bond acceptors (Lipinski definition) is 7. The summed E-state index contributed by atoms with van der Waals surface area (Å²) in [5, 5.41) is 10.5. The van der Waals surface area contributed by atoms with Crippen molar-refractivity contribution in [3.63, 3.8) is 0 Å². The number of allylic oxidation sites excluding steroid dienone is 6. The molecule has 0 aromatic heterocycles. The quantitative estimate of drug-likeness (QED) is 0.115. The highest BCUT2D eigenvalue weighted by Crippen LogP contribution is 2.56. The van der Waals surface area contributed by atoms with E-state index in [1.165, 1.54) is 18.1 Å². The van der Waals surface area contributed by atoms with Crippen LogP contribution in [0.4, 0.5) is 5.69 Å². The van der Waals surface area contributed by atoms with Crippen molar-refractivity contribution in [3.8, 4) is 11.5 Å². The van der Waals surface area contributed by atoms with Crippen molar-refractivity contribution in [2.45, 2.75) is 25.7 Å². The number of Topliss-reactive ketones (excluding diaryl/α,β-unsaturated/α-hetero) is 1. The van der Waals surface area contributed by atoms with E-state index < -0.39 is 23.7 Å². The van der Waals surface area contributed by atoms with Crippen molar-refractivity contribution >= 4 is 57.4 Å². The van der Waals surface area contributed by atoms with Gasteiger partial charge in [0.1, 0.15) is 0 Å². The normalized spacial score (nSPS) is 23.8. The van der Waals surface area contributed by atoms with Crippen LogP contribution in [-0.2, 0) is 19.2 Å². The standard InChI is InChI=1S/C37H28INO7/c1-18-14-28(40)32-26(33(18)41)17-25-23(30(32)21-15-27(38)35(43)29(16-21)46-2)12-13-24-31(25)37(45)39(36(24)44)22-10-8-20(9-11-22)34(42)19-6-4-3-5-7-19/h3-12,14-16,24-25,30-31,43H,13,17H2,1-2H3/t24-,25+,30-,31-/m0/s1. The zero-order valence-electron chi connectivity index (χ0n) is 25.0. The van der Waals surface area contributed by atoms with E-state index in [0.717, 1.165) is 5.57 Å². The molecule has 3 aliphatic carbocycles. The highest BCUT2D eigenvalue weighted by molar-refractivity contribution is 14.1. The first-order valence-electron chi connectivity index (χ1n) is 14.9. The molecule has 1 saturated heterocycles. The molecule has 230 valence electrons. The minimum atomic E-state index is -0.734. The Bertz CT molecular complexity index is 1970. The van der Waals surface area contributed by atoms with E-state index in [1.807, 2.05) is 34.7 Å². The lowest BCUT2D eigenvalue weighted by molar-refractivity contribution is -0.123. The molecule has 3 aromatic carbocycles. The van der Waals surface area contributed by atoms with E-state index in [1.54, 1.807) is 67.6 Å². The summed E-state index contributed by atoms with van der Waals surface area (Å²) in [6, 6.07) is 18.8. The Labute approximate surface area is 278 Å². The van der Waals surface area contributed by atoms with Gasteiger partial charge in [-0.3, -0.25) is 28.9 Å². The maximum Gasteiger partial charge on any atom is 0.238 e. The zero-order valence-corrected chi connectivity index (χ0v) is 27.1. The van der Waals surface area contributed by atoms with Crippen molar-refractivity contribution in [2.24, 2.45) is 17.8 Å². The van der Waals surface area contributed by atoms with Gasteiger partial charge in [-0.25, -0.2) is 0 Å². The Hall–Kier alpha value is -4.64. The van der Waals surface area contributed by atoms with E-state index in [-0.39, 0.29) is 47.1 Å². The van der Waals surface area contributed by atoms with Crippen molar-refractivity contribution in [3.05, 3.63) is 121 Å². The van der Waals surface area contributed by atoms with Gasteiger partial charge in [-0.15, -0.1) is 0 Å². The molecule has 9 heteroatoms. The molecule has 3 aromatic rings. The molecule has 0 radical (unpaired) electrons. The number of fused-ring (bicyclic) bond motifs is 3. The summed E-state index contributed by atoms with van der Waals surface area (Å²) in [5.74, 6) is -3.68. The van der Waals surface area contributed by atoms with Crippen molar-refractivity contribution < 1.29 is 33.8 Å². The van der Waals surface area contributed by atoms with Crippen molar-refractivity contribution in [1.29, 1.82) is 0 Å². The number of carbonyl (C=O) groups excluding carboxylic acids is 5. The van der Waals surface area contributed by atoms with Crippen LogP contribution in [0.5, 0.6) is 11.5 Å². The first-order chi connectivity index (χ1) is 22.1. The Morgan fingerprint density at radius 3 is 2.33 bits per heavy atom. The molecule has 2 amide bonds. The van der Waals surface area contributed by atoms with Crippen LogP contribution in [0.15, 0.2) is 101 Å². The number of hydrogen-bond donors (Lipinski definition) is 1. The molecule has 1 aliphatic heterocycles. The number of ketones is 3. The smallest absolute Gasteiger partial charge is 0.238 e. The lowest BCUT2D eigenvalue weighted by Crippen LogP contribution is -2.39. The summed E-state index contributed by atoms with van der Waals surface area (Å²) in [6.45, 7) is 1.61. The molecule has 4 aliphatic rings. The molecule has 1 heterocycles. The van der Waals surface area contributed by atoms with Crippen LogP contribution in [-0.4, -0.2) is 41.4 Å². The van der Waals surface area contributed by atoms with Gasteiger partial charge in [0.2, 0.25) is 11.8 Å². The molecule has 0 bridgehead atoms. The molecule has 8 nitrogen and oxygen atoms in total. The minimum Gasteiger partial charge on any atom is -0.504 e. The van der Waals surface area contributed by atoms with Crippen molar-refractivity contribution in [2.75, 3.05) is 12.0 Å². The largest absolute Gasteiger partial charge is 0.504 e. The molecule has 1 N–H and O–H groups in total. The van der Waals surface area contributed by atoms with Crippen molar-refractivity contribution in [1.82, 2.24) is 0 Å². The first-order valence-corrected chi connectivity index (χ1v) is 16.0. The first kappa shape index (κ1) is 30.0. The number of nitrogens with zero attached hydrogens (tertiary/aromatic N) is 1. The average molecular weight is 726 g/mol. The summed E-state index contributed by atoms with van der Waals surface area (Å²) in [6.07, 6.45) is 3.77. The number of methoxy groups -OCH3 is 1. The summed E-state index contributed by atoms with van der Waals surface area (Å²) < 4.78 is 5.94. The molecular weight excluding hydrogens is 697 g/mol. The number of aromatic hydroxyl groups is 1. The second kappa shape index (κ2) is 11.3. The van der Waals surface area contributed by atoms with Gasteiger partial charge in [0.25, 0.3) is 0 Å². The van der Waals surface area contributed by atoms with Crippen LogP contribution in [0, 0.1) is 21.3 Å². The molecule has 46 heavy (non-hydrogen) atoms. The topological polar surface area (TPSA) is 118 Å². The van der Waals surface area contributed by atoms with E-state index in [0.29, 0.717) is 49.1 Å². The van der Waals surface area contributed by atoms with E-state index >= 15 is 0 Å². The summed E-state index contributed by atoms with van der Waals surface area (Å²) in [7, 11) is 1.44. The van der Waals surface area contributed by atoms with Gasteiger partial charge in [0, 0.05) is 33.8 Å². The third-order valence-corrected chi connectivity index (χ3v) is 10.4. The predicted octanol–water partition coefficient (Wildman–Crippen LogP) is 5.87. The maximum atomic E-state index is 14.2. The van der Waals surface area contributed by atoms with Gasteiger partial charge in [0.05, 0.1) is 28.2 Å². The zero-order chi connectivity index (χ0) is 32.4. The van der Waals surface area contributed by atoms with Gasteiger partial charge in [-0.05, 0) is 96.3 Å². The molecule has 7 rings (SSSR count). The van der Waals surface area contributed by atoms with Gasteiger partial charge >= 0.3 is 0 Å². The Morgan fingerprint density at radius 2 is 1.63 bits per heavy atom. The lowest BCUT2D eigenvalue weighted by atomic mass is 9.59. The third-order valence-electron chi connectivity index (χ3n) is 9.59. The van der Waals surface area contributed by atoms with Gasteiger partial charge in [-0.2, -0.15) is 0 Å². The van der Waals surface area contributed by atoms with Gasteiger partial charge in [-0.1, -0.05) is 42.0 Å². The number of imide groups is 1. The third kappa shape index (κ3) is 4.59. The maximum absolute atomic E-state index is 14.2. The predicted molar refractivity (Wildman–Crippen MR) is 178 cm³/mol. The fraction of sp³-hybridized carbons (Fsp3) is 0.216. The number of benzene rings is 3. The molecule has 0 saturated carbocycles. The number of ether oxygens (including phenoxy) is 1. The van der Waals surface area contributed by atoms with Crippen LogP contribution in [0.2, 0.25) is 0 Å². The molecule has 1 fully saturated rings. The second-order valence-electron chi connectivity index (χ2n) is 12.0. The van der Waals surface area contributed by atoms with E-state index in [9.17, 15) is 29.1 Å². The minimum absolute atomic E-state index is 0.0309. The Balaban J connectivity index is 1.28. The highest BCUT2D eigenvalue weighted by Gasteiger charge is 2.56. The van der Waals surface area contributed by atoms with E-state index in [4.69, 9.17) is 4.74 Å². The van der Waals surface area contributed by atoms with Gasteiger partial charge in [0.15, 0.2) is 28.8 Å². The Morgan fingerprint density at radius 1 is 0.935 bits per heavy atom. The highest BCUT2D eigenvalue weighted by atomic mass is 127. The number of carbonyl (C=O) groups is 5. The summed E-state index contributed by atoms with van der Waals surface area (Å²) in [4.78, 5) is 69.3. The SMILES string of the molecule is COc1cc([C@H]2C3=CC[C@@H]4C(=O)N(c5ccc(C(=O)c6ccccc6)cc5)C(=O)[C@@H]4[C@@H]3CC3=C2C(=O)C=C(C)C3=O)cc(I)c1O. The number of rotatable bonds is 5. The summed E-state index contributed by atoms with van der Waals surface area (Å²) >= 11 is 2.00. The fourth-order valence-corrected chi connectivity index (χ4v) is 8.08. The average Bonchev–Trinajstić information content (AvgIpc) is 3.33. The number of anilines is 1. The monoisotopic (exact) mass is 725 g/mol. The van der Waals surface area contributed by atoms with Crippen LogP contribution < -0.4 is 9.64 Å². The van der Waals surface area contributed by atoms with Gasteiger partial charge < -0.3 is 9.84 Å². The lowest BCUT2D eigenvalue weighted by Gasteiger charge is -2.42. The summed E-state index contributed by atoms with van der Waals surface area (Å²) in [5.41, 5.74) is 3.88. The van der Waals surface area contributed by atoms with Crippen LogP contribution >= 0.6 is 22.6 Å².